The maximum atomic E-state index is 13.1. The second-order valence-corrected chi connectivity index (χ2v) is 7.61. The van der Waals surface area contributed by atoms with Crippen LogP contribution in [-0.4, -0.2) is 25.0 Å². The predicted octanol–water partition coefficient (Wildman–Crippen LogP) is 4.66. The van der Waals surface area contributed by atoms with Crippen molar-refractivity contribution in [2.75, 3.05) is 11.9 Å². The van der Waals surface area contributed by atoms with Crippen molar-refractivity contribution < 1.29 is 14.3 Å². The second kappa shape index (κ2) is 9.94. The smallest absolute Gasteiger partial charge is 0.267 e. The van der Waals surface area contributed by atoms with Gasteiger partial charge in [-0.2, -0.15) is 0 Å². The van der Waals surface area contributed by atoms with Gasteiger partial charge in [-0.3, -0.25) is 9.59 Å². The number of hydrogen-bond acceptors (Lipinski definition) is 3. The van der Waals surface area contributed by atoms with Gasteiger partial charge in [-0.05, 0) is 55.7 Å². The molecule has 5 nitrogen and oxygen atoms in total. The maximum absolute atomic E-state index is 13.1. The summed E-state index contributed by atoms with van der Waals surface area (Å²) in [5.41, 5.74) is 4.01. The van der Waals surface area contributed by atoms with E-state index in [2.05, 4.69) is 5.32 Å². The van der Waals surface area contributed by atoms with Gasteiger partial charge in [0.2, 0.25) is 0 Å². The average molecular weight is 417 g/mol. The van der Waals surface area contributed by atoms with Gasteiger partial charge in [-0.15, -0.1) is 0 Å². The van der Waals surface area contributed by atoms with Crippen LogP contribution in [0, 0.1) is 13.8 Å². The van der Waals surface area contributed by atoms with Gasteiger partial charge in [0.15, 0.2) is 6.10 Å². The van der Waals surface area contributed by atoms with Gasteiger partial charge in [0.1, 0.15) is 5.75 Å². The zero-order valence-electron chi connectivity index (χ0n) is 18.4. The molecule has 0 saturated heterocycles. The Morgan fingerprint density at radius 2 is 1.65 bits per heavy atom. The molecule has 0 bridgehead atoms. The van der Waals surface area contributed by atoms with Gasteiger partial charge in [0.25, 0.3) is 11.8 Å². The predicted molar refractivity (Wildman–Crippen MR) is 123 cm³/mol. The van der Waals surface area contributed by atoms with Crippen molar-refractivity contribution in [2.24, 2.45) is 0 Å². The van der Waals surface area contributed by atoms with Gasteiger partial charge >= 0.3 is 0 Å². The lowest BCUT2D eigenvalue weighted by Crippen LogP contribution is -2.39. The van der Waals surface area contributed by atoms with Gasteiger partial charge in [-0.1, -0.05) is 54.6 Å². The lowest BCUT2D eigenvalue weighted by molar-refractivity contribution is -0.124. The summed E-state index contributed by atoms with van der Waals surface area (Å²) in [6, 6.07) is 22.7. The van der Waals surface area contributed by atoms with Crippen molar-refractivity contribution >= 4 is 17.5 Å². The molecule has 0 aliphatic rings. The molecule has 3 rings (SSSR count). The minimum atomic E-state index is -0.703. The lowest BCUT2D eigenvalue weighted by atomic mass is 10.1. The molecular formula is C26H28N2O3. The van der Waals surface area contributed by atoms with Gasteiger partial charge in [-0.25, -0.2) is 0 Å². The van der Waals surface area contributed by atoms with Crippen molar-refractivity contribution in [3.05, 3.63) is 95.1 Å². The van der Waals surface area contributed by atoms with E-state index in [1.54, 1.807) is 32.2 Å². The molecule has 5 heteroatoms. The van der Waals surface area contributed by atoms with E-state index >= 15 is 0 Å². The number of hydrogen-bond donors (Lipinski definition) is 1. The Labute approximate surface area is 183 Å². The van der Waals surface area contributed by atoms with E-state index < -0.39 is 6.10 Å². The summed E-state index contributed by atoms with van der Waals surface area (Å²) in [6.07, 6.45) is -0.703. The van der Waals surface area contributed by atoms with E-state index in [1.165, 1.54) is 4.90 Å². The van der Waals surface area contributed by atoms with Crippen molar-refractivity contribution in [1.82, 2.24) is 5.32 Å². The standard InChI is InChI=1S/C26H28N2O3/c1-18-14-15-19(2)24(16-18)31-20(3)26(30)28(4)23-13-9-8-12-22(23)25(29)27-17-21-10-6-5-7-11-21/h5-16,20H,17H2,1-4H3,(H,27,29). The van der Waals surface area contributed by atoms with Crippen LogP contribution in [0.4, 0.5) is 5.69 Å². The SMILES string of the molecule is Cc1ccc(C)c(OC(C)C(=O)N(C)c2ccccc2C(=O)NCc2ccccc2)c1. The summed E-state index contributed by atoms with van der Waals surface area (Å²) in [4.78, 5) is 27.4. The van der Waals surface area contributed by atoms with E-state index in [4.69, 9.17) is 4.74 Å². The number of rotatable bonds is 7. The Morgan fingerprint density at radius 1 is 0.968 bits per heavy atom. The van der Waals surface area contributed by atoms with Crippen LogP contribution in [0.3, 0.4) is 0 Å². The van der Waals surface area contributed by atoms with Crippen LogP contribution >= 0.6 is 0 Å². The molecule has 1 unspecified atom stereocenters. The van der Waals surface area contributed by atoms with E-state index in [-0.39, 0.29) is 11.8 Å². The van der Waals surface area contributed by atoms with Crippen LogP contribution in [0.2, 0.25) is 0 Å². The minimum Gasteiger partial charge on any atom is -0.481 e. The number of ether oxygens (including phenoxy) is 1. The lowest BCUT2D eigenvalue weighted by Gasteiger charge is -2.24. The normalized spacial score (nSPS) is 11.5. The molecule has 0 radical (unpaired) electrons. The van der Waals surface area contributed by atoms with E-state index in [1.807, 2.05) is 68.4 Å². The maximum Gasteiger partial charge on any atom is 0.267 e. The number of likely N-dealkylation sites (N-methyl/N-ethyl adjacent to an activating group) is 1. The summed E-state index contributed by atoms with van der Waals surface area (Å²) < 4.78 is 5.94. The highest BCUT2D eigenvalue weighted by atomic mass is 16.5. The van der Waals surface area contributed by atoms with Gasteiger partial charge in [0.05, 0.1) is 11.3 Å². The number of carbonyl (C=O) groups is 2. The van der Waals surface area contributed by atoms with Crippen LogP contribution < -0.4 is 15.0 Å². The molecule has 0 spiro atoms. The number of aryl methyl sites for hydroxylation is 2. The molecule has 0 fully saturated rings. The first-order chi connectivity index (χ1) is 14.9. The zero-order chi connectivity index (χ0) is 22.4. The Morgan fingerprint density at radius 3 is 2.39 bits per heavy atom. The molecule has 0 aliphatic heterocycles. The zero-order valence-corrected chi connectivity index (χ0v) is 18.4. The molecular weight excluding hydrogens is 388 g/mol. The molecule has 0 saturated carbocycles. The first kappa shape index (κ1) is 22.1. The number of nitrogens with zero attached hydrogens (tertiary/aromatic N) is 1. The fraction of sp³-hybridized carbons (Fsp3) is 0.231. The third kappa shape index (κ3) is 5.51. The molecule has 1 N–H and O–H groups in total. The molecule has 0 heterocycles. The fourth-order valence-electron chi connectivity index (χ4n) is 3.30. The highest BCUT2D eigenvalue weighted by Gasteiger charge is 2.24. The summed E-state index contributed by atoms with van der Waals surface area (Å²) >= 11 is 0. The Balaban J connectivity index is 1.73. The van der Waals surface area contributed by atoms with Crippen molar-refractivity contribution in [3.63, 3.8) is 0 Å². The number of benzene rings is 3. The number of amides is 2. The van der Waals surface area contributed by atoms with Crippen molar-refractivity contribution in [1.29, 1.82) is 0 Å². The van der Waals surface area contributed by atoms with E-state index in [0.29, 0.717) is 23.5 Å². The minimum absolute atomic E-state index is 0.232. The summed E-state index contributed by atoms with van der Waals surface area (Å²) in [5.74, 6) is 0.217. The molecule has 3 aromatic rings. The molecule has 1 atom stereocenters. The number of anilines is 1. The van der Waals surface area contributed by atoms with Crippen LogP contribution in [0.25, 0.3) is 0 Å². The first-order valence-corrected chi connectivity index (χ1v) is 10.3. The van der Waals surface area contributed by atoms with Crippen LogP contribution in [0.15, 0.2) is 72.8 Å². The van der Waals surface area contributed by atoms with Crippen molar-refractivity contribution in [2.45, 2.75) is 33.4 Å². The van der Waals surface area contributed by atoms with Crippen LogP contribution in [-0.2, 0) is 11.3 Å². The van der Waals surface area contributed by atoms with Gasteiger partial charge < -0.3 is 15.0 Å². The van der Waals surface area contributed by atoms with Crippen molar-refractivity contribution in [3.8, 4) is 5.75 Å². The third-order valence-corrected chi connectivity index (χ3v) is 5.13. The van der Waals surface area contributed by atoms with Gasteiger partial charge in [0, 0.05) is 13.6 Å². The topological polar surface area (TPSA) is 58.6 Å². The third-order valence-electron chi connectivity index (χ3n) is 5.13. The quantitative estimate of drug-likeness (QED) is 0.609. The number of para-hydroxylation sites is 1. The summed E-state index contributed by atoms with van der Waals surface area (Å²) in [5, 5.41) is 2.92. The molecule has 0 aliphatic carbocycles. The average Bonchev–Trinajstić information content (AvgIpc) is 2.79. The summed E-state index contributed by atoms with van der Waals surface area (Å²) in [6.45, 7) is 6.06. The highest BCUT2D eigenvalue weighted by Crippen LogP contribution is 2.23. The summed E-state index contributed by atoms with van der Waals surface area (Å²) in [7, 11) is 1.66. The fourth-order valence-corrected chi connectivity index (χ4v) is 3.30. The Kier molecular flexibility index (Phi) is 7.08. The van der Waals surface area contributed by atoms with E-state index in [0.717, 1.165) is 16.7 Å². The second-order valence-electron chi connectivity index (χ2n) is 7.61. The molecule has 0 aromatic heterocycles. The molecule has 2 amide bonds. The highest BCUT2D eigenvalue weighted by molar-refractivity contribution is 6.05. The molecule has 160 valence electrons. The Bertz CT molecular complexity index is 1060. The first-order valence-electron chi connectivity index (χ1n) is 10.3. The number of carbonyl (C=O) groups excluding carboxylic acids is 2. The largest absolute Gasteiger partial charge is 0.481 e. The van der Waals surface area contributed by atoms with Crippen LogP contribution in [0.1, 0.15) is 34.0 Å². The monoisotopic (exact) mass is 416 g/mol. The Hall–Kier alpha value is -3.60. The van der Waals surface area contributed by atoms with Crippen LogP contribution in [0.5, 0.6) is 5.75 Å². The number of nitrogens with one attached hydrogen (secondary N) is 1. The molecule has 31 heavy (non-hydrogen) atoms. The molecule has 3 aromatic carbocycles. The van der Waals surface area contributed by atoms with E-state index in [9.17, 15) is 9.59 Å².